The molecule has 2 aromatic rings. The molecule has 0 unspecified atom stereocenters. The van der Waals surface area contributed by atoms with Gasteiger partial charge in [0.05, 0.1) is 11.9 Å². The van der Waals surface area contributed by atoms with Crippen molar-refractivity contribution in [2.24, 2.45) is 0 Å². The maximum absolute atomic E-state index is 13.4. The number of aryl methyl sites for hydroxylation is 1. The zero-order chi connectivity index (χ0) is 26.7. The van der Waals surface area contributed by atoms with Crippen molar-refractivity contribution >= 4 is 27.5 Å². The van der Waals surface area contributed by atoms with Crippen LogP contribution >= 0.6 is 0 Å². The second kappa shape index (κ2) is 14.0. The quantitative estimate of drug-likeness (QED) is 0.375. The van der Waals surface area contributed by atoms with Crippen LogP contribution in [0.15, 0.2) is 48.5 Å². The number of nitrogens with zero attached hydrogens (tertiary/aromatic N) is 2. The Morgan fingerprint density at radius 2 is 1.64 bits per heavy atom. The van der Waals surface area contributed by atoms with Gasteiger partial charge >= 0.3 is 0 Å². The first kappa shape index (κ1) is 29.3. The third-order valence-electron chi connectivity index (χ3n) is 5.96. The van der Waals surface area contributed by atoms with Crippen molar-refractivity contribution in [1.82, 2.24) is 10.2 Å². The number of hydrogen-bond donors (Lipinski definition) is 1. The van der Waals surface area contributed by atoms with E-state index in [1.165, 1.54) is 28.6 Å². The molecule has 7 nitrogen and oxygen atoms in total. The van der Waals surface area contributed by atoms with E-state index in [9.17, 15) is 22.4 Å². The maximum Gasteiger partial charge on any atom is 0.242 e. The van der Waals surface area contributed by atoms with Gasteiger partial charge in [0, 0.05) is 26.1 Å². The average Bonchev–Trinajstić information content (AvgIpc) is 2.83. The molecule has 2 rings (SSSR count). The minimum atomic E-state index is -3.63. The molecule has 0 bridgehead atoms. The Hall–Kier alpha value is -2.94. The van der Waals surface area contributed by atoms with E-state index in [0.29, 0.717) is 18.7 Å². The molecule has 2 aromatic carbocycles. The predicted molar refractivity (Wildman–Crippen MR) is 142 cm³/mol. The van der Waals surface area contributed by atoms with Gasteiger partial charge in [-0.05, 0) is 56.0 Å². The number of hydrogen-bond acceptors (Lipinski definition) is 4. The number of halogens is 1. The molecule has 0 aliphatic rings. The number of amides is 2. The molecular weight excluding hydrogens is 481 g/mol. The minimum absolute atomic E-state index is 0.0636. The summed E-state index contributed by atoms with van der Waals surface area (Å²) in [4.78, 5) is 27.9. The molecule has 0 heterocycles. The highest BCUT2D eigenvalue weighted by atomic mass is 32.2. The molecule has 198 valence electrons. The smallest absolute Gasteiger partial charge is 0.242 e. The molecule has 0 aliphatic heterocycles. The Kier molecular flexibility index (Phi) is 11.4. The highest BCUT2D eigenvalue weighted by Crippen LogP contribution is 2.20. The Morgan fingerprint density at radius 1 is 1.00 bits per heavy atom. The summed E-state index contributed by atoms with van der Waals surface area (Å²) in [6, 6.07) is 12.4. The first-order valence-corrected chi connectivity index (χ1v) is 14.3. The second-order valence-corrected chi connectivity index (χ2v) is 10.9. The van der Waals surface area contributed by atoms with Gasteiger partial charge in [-0.25, -0.2) is 12.8 Å². The lowest BCUT2D eigenvalue weighted by Crippen LogP contribution is -2.49. The van der Waals surface area contributed by atoms with Crippen LogP contribution in [0.5, 0.6) is 0 Å². The van der Waals surface area contributed by atoms with Crippen LogP contribution in [0.2, 0.25) is 0 Å². The molecule has 36 heavy (non-hydrogen) atoms. The molecule has 0 aromatic heterocycles. The van der Waals surface area contributed by atoms with Gasteiger partial charge in [0.2, 0.25) is 21.8 Å². The van der Waals surface area contributed by atoms with Crippen LogP contribution in [0.4, 0.5) is 10.1 Å². The van der Waals surface area contributed by atoms with Gasteiger partial charge in [0.15, 0.2) is 0 Å². The molecule has 0 saturated heterocycles. The summed E-state index contributed by atoms with van der Waals surface area (Å²) >= 11 is 0. The number of rotatable bonds is 14. The Bertz CT molecular complexity index is 1090. The van der Waals surface area contributed by atoms with E-state index in [-0.39, 0.29) is 37.7 Å². The number of carbonyl (C=O) groups excluding carboxylic acids is 2. The summed E-state index contributed by atoms with van der Waals surface area (Å²) in [6.45, 7) is 6.80. The van der Waals surface area contributed by atoms with Crippen LogP contribution in [-0.2, 0) is 26.2 Å². The molecule has 0 fully saturated rings. The summed E-state index contributed by atoms with van der Waals surface area (Å²) in [7, 11) is -3.63. The number of anilines is 1. The molecule has 0 spiro atoms. The molecule has 2 amide bonds. The monoisotopic (exact) mass is 519 g/mol. The van der Waals surface area contributed by atoms with E-state index in [1.54, 1.807) is 4.90 Å². The number of carbonyl (C=O) groups is 2. The third-order valence-corrected chi connectivity index (χ3v) is 7.15. The zero-order valence-corrected chi connectivity index (χ0v) is 22.5. The van der Waals surface area contributed by atoms with E-state index in [4.69, 9.17) is 0 Å². The van der Waals surface area contributed by atoms with Gasteiger partial charge in [-0.2, -0.15) is 0 Å². The first-order chi connectivity index (χ1) is 17.1. The molecule has 1 atom stereocenters. The fraction of sp³-hybridized carbons (Fsp3) is 0.481. The van der Waals surface area contributed by atoms with Crippen LogP contribution in [0, 0.1) is 12.7 Å². The topological polar surface area (TPSA) is 86.8 Å². The van der Waals surface area contributed by atoms with Crippen molar-refractivity contribution in [3.05, 3.63) is 65.5 Å². The van der Waals surface area contributed by atoms with Crippen molar-refractivity contribution in [1.29, 1.82) is 0 Å². The number of benzene rings is 2. The van der Waals surface area contributed by atoms with Crippen molar-refractivity contribution in [3.8, 4) is 0 Å². The first-order valence-electron chi connectivity index (χ1n) is 12.4. The van der Waals surface area contributed by atoms with Crippen molar-refractivity contribution in [2.75, 3.05) is 23.7 Å². The Balaban J connectivity index is 2.18. The van der Waals surface area contributed by atoms with Crippen LogP contribution in [0.1, 0.15) is 57.1 Å². The molecule has 0 aliphatic carbocycles. The molecule has 1 N–H and O–H groups in total. The van der Waals surface area contributed by atoms with Crippen LogP contribution in [0.25, 0.3) is 0 Å². The normalized spacial score (nSPS) is 12.1. The molecule has 9 heteroatoms. The fourth-order valence-electron chi connectivity index (χ4n) is 3.93. The zero-order valence-electron chi connectivity index (χ0n) is 21.7. The fourth-order valence-corrected chi connectivity index (χ4v) is 4.89. The van der Waals surface area contributed by atoms with Crippen molar-refractivity contribution < 1.29 is 22.4 Å². The molecule has 0 saturated carbocycles. The second-order valence-electron chi connectivity index (χ2n) is 8.99. The summed E-state index contributed by atoms with van der Waals surface area (Å²) in [5.74, 6) is -0.868. The van der Waals surface area contributed by atoms with Gasteiger partial charge in [-0.3, -0.25) is 13.9 Å². The lowest BCUT2D eigenvalue weighted by molar-refractivity contribution is -0.141. The van der Waals surface area contributed by atoms with Gasteiger partial charge in [0.25, 0.3) is 0 Å². The number of unbranched alkanes of at least 4 members (excludes halogenated alkanes) is 1. The van der Waals surface area contributed by atoms with Crippen molar-refractivity contribution in [3.63, 3.8) is 0 Å². The van der Waals surface area contributed by atoms with Gasteiger partial charge in [-0.1, -0.05) is 50.1 Å². The van der Waals surface area contributed by atoms with Gasteiger partial charge < -0.3 is 10.2 Å². The lowest BCUT2D eigenvalue weighted by atomic mass is 10.1. The standard InChI is InChI=1S/C27H38FN3O4S/c1-5-7-18-29-27(33)25(6-2)30(20-22-12-10-21(3)11-13-22)26(32)9-8-19-31(36(4,34)35)24-16-14-23(28)15-17-24/h10-17,25H,5-9,18-20H2,1-4H3,(H,29,33)/t25-/m1/s1. The summed E-state index contributed by atoms with van der Waals surface area (Å²) in [5, 5.41) is 2.93. The third kappa shape index (κ3) is 8.93. The van der Waals surface area contributed by atoms with Crippen LogP contribution in [0.3, 0.4) is 0 Å². The highest BCUT2D eigenvalue weighted by Gasteiger charge is 2.28. The Morgan fingerprint density at radius 3 is 2.19 bits per heavy atom. The Labute approximate surface area is 214 Å². The van der Waals surface area contributed by atoms with E-state index >= 15 is 0 Å². The van der Waals surface area contributed by atoms with Crippen LogP contribution < -0.4 is 9.62 Å². The molecule has 0 radical (unpaired) electrons. The lowest BCUT2D eigenvalue weighted by Gasteiger charge is -2.31. The number of sulfonamides is 1. The SMILES string of the molecule is CCCCNC(=O)[C@@H](CC)N(Cc1ccc(C)cc1)C(=O)CCCN(c1ccc(F)cc1)S(C)(=O)=O. The highest BCUT2D eigenvalue weighted by molar-refractivity contribution is 7.92. The summed E-state index contributed by atoms with van der Waals surface area (Å²) in [6.07, 6.45) is 3.67. The average molecular weight is 520 g/mol. The maximum atomic E-state index is 13.4. The number of nitrogens with one attached hydrogen (secondary N) is 1. The van der Waals surface area contributed by atoms with E-state index in [1.807, 2.05) is 45.0 Å². The van der Waals surface area contributed by atoms with Crippen LogP contribution in [-0.4, -0.2) is 50.5 Å². The predicted octanol–water partition coefficient (Wildman–Crippen LogP) is 4.40. The van der Waals surface area contributed by atoms with Crippen molar-refractivity contribution in [2.45, 2.75) is 65.5 Å². The van der Waals surface area contributed by atoms with E-state index in [2.05, 4.69) is 5.32 Å². The van der Waals surface area contributed by atoms with E-state index in [0.717, 1.165) is 30.2 Å². The van der Waals surface area contributed by atoms with E-state index < -0.39 is 21.9 Å². The van der Waals surface area contributed by atoms with Gasteiger partial charge in [-0.15, -0.1) is 0 Å². The van der Waals surface area contributed by atoms with Gasteiger partial charge in [0.1, 0.15) is 11.9 Å². The minimum Gasteiger partial charge on any atom is -0.354 e. The molecular formula is C27H38FN3O4S. The summed E-state index contributed by atoms with van der Waals surface area (Å²) in [5.41, 5.74) is 2.35. The largest absolute Gasteiger partial charge is 0.354 e. The summed E-state index contributed by atoms with van der Waals surface area (Å²) < 4.78 is 39.2.